The largest absolute Gasteiger partial charge is 0.501 e. The minimum Gasteiger partial charge on any atom is -0.474 e. The fraction of sp³-hybridized carbons (Fsp3) is 0.143. The lowest BCUT2D eigenvalue weighted by molar-refractivity contribution is -0.210. The number of carbonyl (C=O) groups is 1. The number of hydrogen-bond acceptors (Lipinski definition) is 3. The fourth-order valence-corrected chi connectivity index (χ4v) is 0.599. The number of rotatable bonds is 3. The number of carboxylic acids is 1. The number of aromatic nitrogens is 1. The van der Waals surface area contributed by atoms with E-state index < -0.39 is 12.1 Å². The molecule has 0 radical (unpaired) electrons. The highest BCUT2D eigenvalue weighted by molar-refractivity contribution is 5.73. The Hall–Kier alpha value is -1.72. The molecule has 13 heavy (non-hydrogen) atoms. The van der Waals surface area contributed by atoms with Crippen LogP contribution >= 0.6 is 0 Å². The van der Waals surface area contributed by atoms with E-state index in [0.717, 1.165) is 6.20 Å². The third-order valence-electron chi connectivity index (χ3n) is 1.13. The first kappa shape index (κ1) is 9.37. The third kappa shape index (κ3) is 2.36. The van der Waals surface area contributed by atoms with E-state index in [1.807, 2.05) is 0 Å². The smallest absolute Gasteiger partial charge is 0.474 e. The van der Waals surface area contributed by atoms with E-state index in [1.54, 1.807) is 0 Å². The molecule has 0 unspecified atom stereocenters. The molecule has 0 aliphatic rings. The molecule has 0 aliphatic carbocycles. The van der Waals surface area contributed by atoms with Gasteiger partial charge in [0.1, 0.15) is 5.75 Å². The number of aliphatic carboxylic acids is 1. The summed E-state index contributed by atoms with van der Waals surface area (Å²) in [7, 11) is 0. The number of alkyl halides is 2. The molecule has 6 heteroatoms. The Morgan fingerprint density at radius 2 is 2.31 bits per heavy atom. The molecule has 1 aromatic rings. The zero-order valence-corrected chi connectivity index (χ0v) is 6.28. The maximum absolute atomic E-state index is 12.4. The first-order chi connectivity index (χ1) is 6.02. The summed E-state index contributed by atoms with van der Waals surface area (Å²) < 4.78 is 28.6. The van der Waals surface area contributed by atoms with Gasteiger partial charge < -0.3 is 9.84 Å². The van der Waals surface area contributed by atoms with E-state index in [0.29, 0.717) is 0 Å². The first-order valence-electron chi connectivity index (χ1n) is 3.22. The third-order valence-corrected chi connectivity index (χ3v) is 1.13. The summed E-state index contributed by atoms with van der Waals surface area (Å²) in [6.45, 7) is 0. The van der Waals surface area contributed by atoms with Gasteiger partial charge in [-0.25, -0.2) is 4.79 Å². The number of pyridine rings is 1. The van der Waals surface area contributed by atoms with Crippen LogP contribution in [0.25, 0.3) is 0 Å². The van der Waals surface area contributed by atoms with Gasteiger partial charge in [-0.15, -0.1) is 0 Å². The van der Waals surface area contributed by atoms with Gasteiger partial charge in [-0.2, -0.15) is 8.78 Å². The topological polar surface area (TPSA) is 59.4 Å². The molecular weight excluding hydrogens is 184 g/mol. The van der Waals surface area contributed by atoms with Crippen molar-refractivity contribution >= 4 is 5.97 Å². The molecule has 1 heterocycles. The van der Waals surface area contributed by atoms with Crippen LogP contribution in [0.5, 0.6) is 5.75 Å². The Morgan fingerprint density at radius 1 is 1.62 bits per heavy atom. The normalized spacial score (nSPS) is 10.9. The molecule has 0 bridgehead atoms. The van der Waals surface area contributed by atoms with E-state index in [2.05, 4.69) is 9.72 Å². The number of hydrogen-bond donors (Lipinski definition) is 1. The Balaban J connectivity index is 2.75. The van der Waals surface area contributed by atoms with Crippen molar-refractivity contribution in [3.8, 4) is 5.75 Å². The monoisotopic (exact) mass is 189 g/mol. The number of nitrogens with zero attached hydrogens (tertiary/aromatic N) is 1. The van der Waals surface area contributed by atoms with Gasteiger partial charge in [0.05, 0.1) is 6.20 Å². The van der Waals surface area contributed by atoms with Crippen LogP contribution in [0, 0.1) is 0 Å². The molecule has 1 rings (SSSR count). The van der Waals surface area contributed by atoms with Crippen LogP contribution in [-0.4, -0.2) is 22.2 Å². The summed E-state index contributed by atoms with van der Waals surface area (Å²) in [4.78, 5) is 13.4. The number of halogens is 2. The Labute approximate surface area is 71.8 Å². The molecule has 0 spiro atoms. The quantitative estimate of drug-likeness (QED) is 0.774. The van der Waals surface area contributed by atoms with E-state index in [-0.39, 0.29) is 5.75 Å². The van der Waals surface area contributed by atoms with Crippen molar-refractivity contribution in [3.05, 3.63) is 24.5 Å². The van der Waals surface area contributed by atoms with Crippen LogP contribution in [0.4, 0.5) is 8.78 Å². The Kier molecular flexibility index (Phi) is 2.41. The van der Waals surface area contributed by atoms with Crippen molar-refractivity contribution < 1.29 is 23.4 Å². The molecule has 1 N–H and O–H groups in total. The maximum Gasteiger partial charge on any atom is 0.501 e. The summed E-state index contributed by atoms with van der Waals surface area (Å²) >= 11 is 0. The van der Waals surface area contributed by atoms with Crippen molar-refractivity contribution in [3.63, 3.8) is 0 Å². The second kappa shape index (κ2) is 3.34. The highest BCUT2D eigenvalue weighted by atomic mass is 19.3. The van der Waals surface area contributed by atoms with Crippen molar-refractivity contribution in [2.45, 2.75) is 6.11 Å². The highest BCUT2D eigenvalue weighted by Crippen LogP contribution is 2.20. The lowest BCUT2D eigenvalue weighted by Crippen LogP contribution is -2.34. The van der Waals surface area contributed by atoms with Crippen LogP contribution in [-0.2, 0) is 4.79 Å². The molecule has 0 aliphatic heterocycles. The lowest BCUT2D eigenvalue weighted by atomic mass is 10.4. The summed E-state index contributed by atoms with van der Waals surface area (Å²) in [5.74, 6) is -2.63. The summed E-state index contributed by atoms with van der Waals surface area (Å²) in [5.41, 5.74) is 0. The summed E-state index contributed by atoms with van der Waals surface area (Å²) in [6, 6.07) is 2.54. The maximum atomic E-state index is 12.4. The van der Waals surface area contributed by atoms with Gasteiger partial charge in [0, 0.05) is 6.20 Å². The number of carboxylic acid groups (broad SMARTS) is 1. The van der Waals surface area contributed by atoms with E-state index in [9.17, 15) is 13.6 Å². The molecule has 0 atom stereocenters. The molecule has 1 aromatic heterocycles. The SMILES string of the molecule is O=C(O)C(F)(F)Oc1cccnc1. The predicted molar refractivity (Wildman–Crippen MR) is 37.4 cm³/mol. The van der Waals surface area contributed by atoms with Gasteiger partial charge in [0.2, 0.25) is 0 Å². The second-order valence-electron chi connectivity index (χ2n) is 2.11. The standard InChI is InChI=1S/C7H5F2NO3/c8-7(9,6(11)12)13-5-2-1-3-10-4-5/h1-4H,(H,11,12). The lowest BCUT2D eigenvalue weighted by Gasteiger charge is -2.11. The average molecular weight is 189 g/mol. The van der Waals surface area contributed by atoms with Crippen LogP contribution in [0.2, 0.25) is 0 Å². The van der Waals surface area contributed by atoms with E-state index in [1.165, 1.54) is 18.3 Å². The van der Waals surface area contributed by atoms with Crippen LogP contribution in [0.1, 0.15) is 0 Å². The molecule has 0 saturated carbocycles. The predicted octanol–water partition coefficient (Wildman–Crippen LogP) is 1.14. The van der Waals surface area contributed by atoms with Gasteiger partial charge in [0.15, 0.2) is 0 Å². The summed E-state index contributed by atoms with van der Waals surface area (Å²) in [5, 5.41) is 8.01. The molecule has 70 valence electrons. The summed E-state index contributed by atoms with van der Waals surface area (Å²) in [6.07, 6.45) is -1.87. The van der Waals surface area contributed by atoms with Crippen molar-refractivity contribution in [2.75, 3.05) is 0 Å². The number of ether oxygens (including phenoxy) is 1. The highest BCUT2D eigenvalue weighted by Gasteiger charge is 2.42. The molecule has 0 fully saturated rings. The molecule has 0 saturated heterocycles. The van der Waals surface area contributed by atoms with Crippen LogP contribution < -0.4 is 4.74 Å². The van der Waals surface area contributed by atoms with Crippen LogP contribution in [0.3, 0.4) is 0 Å². The fourth-order valence-electron chi connectivity index (χ4n) is 0.599. The van der Waals surface area contributed by atoms with Gasteiger partial charge >= 0.3 is 12.1 Å². The van der Waals surface area contributed by atoms with Crippen molar-refractivity contribution in [1.29, 1.82) is 0 Å². The minimum absolute atomic E-state index is 0.296. The van der Waals surface area contributed by atoms with Gasteiger partial charge in [-0.1, -0.05) is 0 Å². The molecule has 4 nitrogen and oxygen atoms in total. The van der Waals surface area contributed by atoms with Gasteiger partial charge in [0.25, 0.3) is 0 Å². The minimum atomic E-state index is -4.22. The molecule has 0 aromatic carbocycles. The zero-order valence-electron chi connectivity index (χ0n) is 6.28. The van der Waals surface area contributed by atoms with Crippen LogP contribution in [0.15, 0.2) is 24.5 Å². The average Bonchev–Trinajstić information content (AvgIpc) is 2.05. The first-order valence-corrected chi connectivity index (χ1v) is 3.22. The van der Waals surface area contributed by atoms with E-state index >= 15 is 0 Å². The van der Waals surface area contributed by atoms with Crippen molar-refractivity contribution in [1.82, 2.24) is 4.98 Å². The van der Waals surface area contributed by atoms with E-state index in [4.69, 9.17) is 5.11 Å². The van der Waals surface area contributed by atoms with Gasteiger partial charge in [-0.05, 0) is 12.1 Å². The second-order valence-corrected chi connectivity index (χ2v) is 2.11. The Bertz CT molecular complexity index is 302. The molecular formula is C7H5F2NO3. The Morgan fingerprint density at radius 3 is 2.77 bits per heavy atom. The van der Waals surface area contributed by atoms with Crippen molar-refractivity contribution in [2.24, 2.45) is 0 Å². The van der Waals surface area contributed by atoms with Gasteiger partial charge in [-0.3, -0.25) is 4.98 Å². The molecule has 0 amide bonds. The zero-order chi connectivity index (χ0) is 9.90.